The molecule has 0 aromatic heterocycles. The Bertz CT molecular complexity index is 413. The number of hydrogen-bond donors (Lipinski definition) is 1. The number of halogens is 1. The normalized spacial score (nSPS) is 10.7. The lowest BCUT2D eigenvalue weighted by Gasteiger charge is -2.13. The van der Waals surface area contributed by atoms with Crippen molar-refractivity contribution in [2.24, 2.45) is 0 Å². The van der Waals surface area contributed by atoms with E-state index in [9.17, 15) is 0 Å². The van der Waals surface area contributed by atoms with Gasteiger partial charge in [-0.25, -0.2) is 0 Å². The van der Waals surface area contributed by atoms with Gasteiger partial charge >= 0.3 is 0 Å². The molecule has 0 spiro atoms. The fourth-order valence-electron chi connectivity index (χ4n) is 2.19. The molecule has 1 aromatic rings. The lowest BCUT2D eigenvalue weighted by atomic mass is 10.1. The van der Waals surface area contributed by atoms with Crippen molar-refractivity contribution < 1.29 is 14.2 Å². The molecule has 0 radical (unpaired) electrons. The standard InChI is InChI=1S/C16H26ClNO3/c1-19-12-11-18-10-6-4-5-7-13-8-9-14(20-2)15(17)16(13)21-3/h8-9,18H,4-7,10-12H2,1-3H3. The topological polar surface area (TPSA) is 39.7 Å². The van der Waals surface area contributed by atoms with E-state index in [1.54, 1.807) is 21.3 Å². The summed E-state index contributed by atoms with van der Waals surface area (Å²) in [4.78, 5) is 0. The number of unbranched alkanes of at least 4 members (excludes halogenated alkanes) is 2. The average molecular weight is 316 g/mol. The fourth-order valence-corrected chi connectivity index (χ4v) is 2.53. The molecule has 5 heteroatoms. The van der Waals surface area contributed by atoms with E-state index < -0.39 is 0 Å². The highest BCUT2D eigenvalue weighted by molar-refractivity contribution is 6.33. The Balaban J connectivity index is 2.33. The predicted octanol–water partition coefficient (Wildman–Crippen LogP) is 3.31. The smallest absolute Gasteiger partial charge is 0.144 e. The SMILES string of the molecule is COCCNCCCCCc1ccc(OC)c(Cl)c1OC. The van der Waals surface area contributed by atoms with Crippen LogP contribution in [0, 0.1) is 0 Å². The summed E-state index contributed by atoms with van der Waals surface area (Å²) in [6.07, 6.45) is 4.42. The number of hydrogen-bond acceptors (Lipinski definition) is 4. The summed E-state index contributed by atoms with van der Waals surface area (Å²) >= 11 is 6.25. The molecular weight excluding hydrogens is 290 g/mol. The second kappa shape index (κ2) is 10.7. The van der Waals surface area contributed by atoms with Gasteiger partial charge in [0.05, 0.1) is 20.8 Å². The molecule has 0 aliphatic carbocycles. The van der Waals surface area contributed by atoms with Crippen LogP contribution in [0.3, 0.4) is 0 Å². The van der Waals surface area contributed by atoms with Crippen LogP contribution in [-0.2, 0) is 11.2 Å². The first-order valence-corrected chi connectivity index (χ1v) is 7.71. The van der Waals surface area contributed by atoms with Crippen molar-refractivity contribution in [2.75, 3.05) is 41.0 Å². The number of nitrogens with one attached hydrogen (secondary N) is 1. The molecule has 0 bridgehead atoms. The van der Waals surface area contributed by atoms with Crippen molar-refractivity contribution in [3.8, 4) is 11.5 Å². The van der Waals surface area contributed by atoms with Gasteiger partial charge in [-0.1, -0.05) is 24.1 Å². The number of rotatable bonds is 11. The summed E-state index contributed by atoms with van der Waals surface area (Å²) in [5, 5.41) is 3.90. The molecule has 0 saturated carbocycles. The Morgan fingerprint density at radius 1 is 1.00 bits per heavy atom. The highest BCUT2D eigenvalue weighted by atomic mass is 35.5. The van der Waals surface area contributed by atoms with Crippen LogP contribution in [-0.4, -0.2) is 41.0 Å². The van der Waals surface area contributed by atoms with Gasteiger partial charge in [-0.05, 0) is 37.4 Å². The van der Waals surface area contributed by atoms with E-state index in [0.717, 1.165) is 50.3 Å². The molecule has 21 heavy (non-hydrogen) atoms. The van der Waals surface area contributed by atoms with E-state index in [4.69, 9.17) is 25.8 Å². The molecule has 0 saturated heterocycles. The van der Waals surface area contributed by atoms with E-state index >= 15 is 0 Å². The Kier molecular flexibility index (Phi) is 9.22. The summed E-state index contributed by atoms with van der Waals surface area (Å²) in [6, 6.07) is 3.92. The molecule has 0 heterocycles. The average Bonchev–Trinajstić information content (AvgIpc) is 2.50. The molecule has 1 rings (SSSR count). The van der Waals surface area contributed by atoms with Crippen molar-refractivity contribution in [1.82, 2.24) is 5.32 Å². The first-order valence-electron chi connectivity index (χ1n) is 7.33. The van der Waals surface area contributed by atoms with Crippen LogP contribution >= 0.6 is 11.6 Å². The van der Waals surface area contributed by atoms with E-state index in [1.165, 1.54) is 6.42 Å². The summed E-state index contributed by atoms with van der Waals surface area (Å²) in [6.45, 7) is 2.71. The summed E-state index contributed by atoms with van der Waals surface area (Å²) in [7, 11) is 4.97. The second-order valence-corrected chi connectivity index (χ2v) is 5.21. The molecule has 4 nitrogen and oxygen atoms in total. The van der Waals surface area contributed by atoms with Gasteiger partial charge in [0.15, 0.2) is 0 Å². The summed E-state index contributed by atoms with van der Waals surface area (Å²) < 4.78 is 15.6. The van der Waals surface area contributed by atoms with E-state index in [0.29, 0.717) is 10.8 Å². The zero-order chi connectivity index (χ0) is 15.5. The Labute approximate surface area is 132 Å². The van der Waals surface area contributed by atoms with Gasteiger partial charge in [0.25, 0.3) is 0 Å². The van der Waals surface area contributed by atoms with Crippen molar-refractivity contribution in [1.29, 1.82) is 0 Å². The third-order valence-corrected chi connectivity index (χ3v) is 3.71. The van der Waals surface area contributed by atoms with E-state index in [-0.39, 0.29) is 0 Å². The van der Waals surface area contributed by atoms with Crippen LogP contribution in [0.2, 0.25) is 5.02 Å². The Hall–Kier alpha value is -0.970. The Morgan fingerprint density at radius 2 is 1.81 bits per heavy atom. The minimum absolute atomic E-state index is 0.554. The molecule has 1 N–H and O–H groups in total. The van der Waals surface area contributed by atoms with Crippen LogP contribution in [0.25, 0.3) is 0 Å². The number of benzene rings is 1. The zero-order valence-electron chi connectivity index (χ0n) is 13.2. The maximum absolute atomic E-state index is 6.25. The molecule has 120 valence electrons. The van der Waals surface area contributed by atoms with Crippen LogP contribution in [0.5, 0.6) is 11.5 Å². The third kappa shape index (κ3) is 6.12. The zero-order valence-corrected chi connectivity index (χ0v) is 14.0. The van der Waals surface area contributed by atoms with Crippen molar-refractivity contribution >= 4 is 11.6 Å². The first-order chi connectivity index (χ1) is 10.2. The highest BCUT2D eigenvalue weighted by Gasteiger charge is 2.12. The van der Waals surface area contributed by atoms with Gasteiger partial charge in [0.1, 0.15) is 16.5 Å². The Morgan fingerprint density at radius 3 is 2.48 bits per heavy atom. The van der Waals surface area contributed by atoms with E-state index in [2.05, 4.69) is 5.32 Å². The molecule has 1 aromatic carbocycles. The minimum atomic E-state index is 0.554. The van der Waals surface area contributed by atoms with Gasteiger partial charge in [-0.3, -0.25) is 0 Å². The van der Waals surface area contributed by atoms with Crippen molar-refractivity contribution in [3.63, 3.8) is 0 Å². The van der Waals surface area contributed by atoms with Crippen LogP contribution in [0.1, 0.15) is 24.8 Å². The second-order valence-electron chi connectivity index (χ2n) is 4.83. The first kappa shape index (κ1) is 18.1. The number of aryl methyl sites for hydroxylation is 1. The van der Waals surface area contributed by atoms with Crippen molar-refractivity contribution in [3.05, 3.63) is 22.7 Å². The fraction of sp³-hybridized carbons (Fsp3) is 0.625. The van der Waals surface area contributed by atoms with Crippen LogP contribution < -0.4 is 14.8 Å². The van der Waals surface area contributed by atoms with Gasteiger partial charge < -0.3 is 19.5 Å². The quantitative estimate of drug-likeness (QED) is 0.636. The molecule has 0 amide bonds. The highest BCUT2D eigenvalue weighted by Crippen LogP contribution is 2.37. The number of methoxy groups -OCH3 is 3. The van der Waals surface area contributed by atoms with Gasteiger partial charge in [0.2, 0.25) is 0 Å². The molecular formula is C16H26ClNO3. The summed E-state index contributed by atoms with van der Waals surface area (Å²) in [5.41, 5.74) is 1.13. The lowest BCUT2D eigenvalue weighted by Crippen LogP contribution is -2.20. The van der Waals surface area contributed by atoms with Crippen molar-refractivity contribution in [2.45, 2.75) is 25.7 Å². The number of ether oxygens (including phenoxy) is 3. The monoisotopic (exact) mass is 315 g/mol. The largest absolute Gasteiger partial charge is 0.495 e. The third-order valence-electron chi connectivity index (χ3n) is 3.35. The minimum Gasteiger partial charge on any atom is -0.495 e. The molecule has 0 atom stereocenters. The maximum Gasteiger partial charge on any atom is 0.144 e. The molecule has 0 unspecified atom stereocenters. The molecule has 0 aliphatic rings. The van der Waals surface area contributed by atoms with Gasteiger partial charge in [-0.15, -0.1) is 0 Å². The van der Waals surface area contributed by atoms with Gasteiger partial charge in [0, 0.05) is 13.7 Å². The molecule has 0 fully saturated rings. The maximum atomic E-state index is 6.25. The lowest BCUT2D eigenvalue weighted by molar-refractivity contribution is 0.199. The van der Waals surface area contributed by atoms with Crippen LogP contribution in [0.4, 0.5) is 0 Å². The van der Waals surface area contributed by atoms with Gasteiger partial charge in [-0.2, -0.15) is 0 Å². The van der Waals surface area contributed by atoms with Crippen LogP contribution in [0.15, 0.2) is 12.1 Å². The predicted molar refractivity (Wildman–Crippen MR) is 86.9 cm³/mol. The molecule has 0 aliphatic heterocycles. The summed E-state index contributed by atoms with van der Waals surface area (Å²) in [5.74, 6) is 1.38. The van der Waals surface area contributed by atoms with E-state index in [1.807, 2.05) is 12.1 Å².